The molecule has 0 radical (unpaired) electrons. The Morgan fingerprint density at radius 2 is 1.89 bits per heavy atom. The number of rotatable bonds is 4. The SMILES string of the molecule is CNN/C=C\NC(C)C. The van der Waals surface area contributed by atoms with Gasteiger partial charge in [0.15, 0.2) is 0 Å². The molecule has 0 saturated heterocycles. The third-order valence-electron chi connectivity index (χ3n) is 0.741. The molecule has 0 heterocycles. The average Bonchev–Trinajstić information content (AvgIpc) is 1.80. The van der Waals surface area contributed by atoms with E-state index in [-0.39, 0.29) is 0 Å². The van der Waals surface area contributed by atoms with Gasteiger partial charge in [0.1, 0.15) is 0 Å². The molecule has 0 aromatic heterocycles. The highest BCUT2D eigenvalue weighted by Gasteiger charge is 1.80. The van der Waals surface area contributed by atoms with Gasteiger partial charge in [-0.05, 0) is 13.8 Å². The van der Waals surface area contributed by atoms with Gasteiger partial charge in [-0.2, -0.15) is 0 Å². The Labute approximate surface area is 56.5 Å². The number of nitrogens with one attached hydrogen (secondary N) is 3. The van der Waals surface area contributed by atoms with Crippen LogP contribution in [0.25, 0.3) is 0 Å². The molecular weight excluding hydrogens is 114 g/mol. The largest absolute Gasteiger partial charge is 0.388 e. The summed E-state index contributed by atoms with van der Waals surface area (Å²) in [6.45, 7) is 4.17. The minimum Gasteiger partial charge on any atom is -0.388 e. The predicted octanol–water partition coefficient (Wildman–Crippen LogP) is 0.180. The monoisotopic (exact) mass is 129 g/mol. The van der Waals surface area contributed by atoms with Crippen LogP contribution >= 0.6 is 0 Å². The first-order valence-electron chi connectivity index (χ1n) is 3.10. The second-order valence-corrected chi connectivity index (χ2v) is 2.05. The van der Waals surface area contributed by atoms with Crippen LogP contribution in [-0.2, 0) is 0 Å². The van der Waals surface area contributed by atoms with Crippen molar-refractivity contribution in [3.63, 3.8) is 0 Å². The van der Waals surface area contributed by atoms with Gasteiger partial charge in [-0.15, -0.1) is 0 Å². The van der Waals surface area contributed by atoms with Crippen LogP contribution in [0.1, 0.15) is 13.8 Å². The molecule has 0 amide bonds. The summed E-state index contributed by atoms with van der Waals surface area (Å²) in [5.41, 5.74) is 5.58. The fraction of sp³-hybridized carbons (Fsp3) is 0.667. The van der Waals surface area contributed by atoms with Gasteiger partial charge in [-0.25, -0.2) is 5.43 Å². The maximum absolute atomic E-state index is 3.10. The van der Waals surface area contributed by atoms with Gasteiger partial charge in [-0.3, -0.25) is 0 Å². The van der Waals surface area contributed by atoms with E-state index in [1.54, 1.807) is 6.20 Å². The van der Waals surface area contributed by atoms with Crippen molar-refractivity contribution in [3.8, 4) is 0 Å². The van der Waals surface area contributed by atoms with Crippen molar-refractivity contribution >= 4 is 0 Å². The zero-order valence-corrected chi connectivity index (χ0v) is 6.23. The lowest BCUT2D eigenvalue weighted by Gasteiger charge is -2.02. The van der Waals surface area contributed by atoms with E-state index in [0.29, 0.717) is 6.04 Å². The highest BCUT2D eigenvalue weighted by molar-refractivity contribution is 4.76. The molecule has 0 aliphatic carbocycles. The molecule has 0 atom stereocenters. The van der Waals surface area contributed by atoms with E-state index >= 15 is 0 Å². The molecule has 3 heteroatoms. The molecule has 54 valence electrons. The standard InChI is InChI=1S/C6H15N3/c1-6(2)8-4-5-9-7-3/h4-9H,1-3H3/b5-4-. The van der Waals surface area contributed by atoms with Crippen LogP contribution < -0.4 is 16.2 Å². The quantitative estimate of drug-likeness (QED) is 0.474. The Hall–Kier alpha value is -0.700. The summed E-state index contributed by atoms with van der Waals surface area (Å²) < 4.78 is 0. The Balaban J connectivity index is 3.04. The van der Waals surface area contributed by atoms with Crippen LogP contribution in [0.4, 0.5) is 0 Å². The van der Waals surface area contributed by atoms with Crippen LogP contribution in [0.3, 0.4) is 0 Å². The van der Waals surface area contributed by atoms with Crippen molar-refractivity contribution in [3.05, 3.63) is 12.4 Å². The highest BCUT2D eigenvalue weighted by Crippen LogP contribution is 1.73. The maximum Gasteiger partial charge on any atom is 0.0282 e. The van der Waals surface area contributed by atoms with E-state index in [9.17, 15) is 0 Å². The van der Waals surface area contributed by atoms with Crippen molar-refractivity contribution in [1.29, 1.82) is 0 Å². The normalized spacial score (nSPS) is 10.7. The highest BCUT2D eigenvalue weighted by atomic mass is 15.3. The van der Waals surface area contributed by atoms with Crippen molar-refractivity contribution in [1.82, 2.24) is 16.2 Å². The molecule has 3 N–H and O–H groups in total. The molecule has 0 unspecified atom stereocenters. The van der Waals surface area contributed by atoms with Gasteiger partial charge in [0.05, 0.1) is 0 Å². The zero-order valence-electron chi connectivity index (χ0n) is 6.23. The maximum atomic E-state index is 3.10. The summed E-state index contributed by atoms with van der Waals surface area (Å²) >= 11 is 0. The summed E-state index contributed by atoms with van der Waals surface area (Å²) in [5, 5.41) is 3.10. The summed E-state index contributed by atoms with van der Waals surface area (Å²) in [5.74, 6) is 0. The molecular formula is C6H15N3. The lowest BCUT2D eigenvalue weighted by Crippen LogP contribution is -2.23. The van der Waals surface area contributed by atoms with E-state index in [2.05, 4.69) is 30.0 Å². The topological polar surface area (TPSA) is 36.1 Å². The van der Waals surface area contributed by atoms with Crippen molar-refractivity contribution < 1.29 is 0 Å². The molecule has 0 spiro atoms. The van der Waals surface area contributed by atoms with Crippen LogP contribution in [-0.4, -0.2) is 13.1 Å². The lowest BCUT2D eigenvalue weighted by atomic mass is 10.4. The third-order valence-corrected chi connectivity index (χ3v) is 0.741. The summed E-state index contributed by atoms with van der Waals surface area (Å²) in [7, 11) is 1.82. The molecule has 0 fully saturated rings. The van der Waals surface area contributed by atoms with Crippen LogP contribution in [0.15, 0.2) is 12.4 Å². The lowest BCUT2D eigenvalue weighted by molar-refractivity contribution is 0.681. The second-order valence-electron chi connectivity index (χ2n) is 2.05. The smallest absolute Gasteiger partial charge is 0.0282 e. The van der Waals surface area contributed by atoms with Gasteiger partial charge in [0.25, 0.3) is 0 Å². The molecule has 0 aromatic rings. The van der Waals surface area contributed by atoms with Gasteiger partial charge < -0.3 is 10.7 Å². The Morgan fingerprint density at radius 3 is 2.33 bits per heavy atom. The van der Waals surface area contributed by atoms with Crippen LogP contribution in [0, 0.1) is 0 Å². The number of hydrogen-bond acceptors (Lipinski definition) is 3. The number of hydrazine groups is 1. The molecule has 0 saturated carbocycles. The van der Waals surface area contributed by atoms with Crippen molar-refractivity contribution in [2.24, 2.45) is 0 Å². The first-order valence-corrected chi connectivity index (χ1v) is 3.10. The fourth-order valence-electron chi connectivity index (χ4n) is 0.366. The Morgan fingerprint density at radius 1 is 1.22 bits per heavy atom. The molecule has 9 heavy (non-hydrogen) atoms. The summed E-state index contributed by atoms with van der Waals surface area (Å²) in [6.07, 6.45) is 3.67. The third kappa shape index (κ3) is 7.30. The van der Waals surface area contributed by atoms with Crippen LogP contribution in [0.5, 0.6) is 0 Å². The second kappa shape index (κ2) is 5.44. The first kappa shape index (κ1) is 8.30. The van der Waals surface area contributed by atoms with E-state index in [1.165, 1.54) is 0 Å². The first-order chi connectivity index (χ1) is 4.27. The van der Waals surface area contributed by atoms with E-state index in [1.807, 2.05) is 13.2 Å². The minimum atomic E-state index is 0.500. The van der Waals surface area contributed by atoms with E-state index in [4.69, 9.17) is 0 Å². The molecule has 0 aliphatic rings. The summed E-state index contributed by atoms with van der Waals surface area (Å²) in [4.78, 5) is 0. The predicted molar refractivity (Wildman–Crippen MR) is 39.6 cm³/mol. The van der Waals surface area contributed by atoms with Gasteiger partial charge in [-0.1, -0.05) is 0 Å². The Bertz CT molecular complexity index is 78.4. The Kier molecular flexibility index (Phi) is 5.01. The fourth-order valence-corrected chi connectivity index (χ4v) is 0.366. The van der Waals surface area contributed by atoms with Gasteiger partial charge in [0, 0.05) is 25.5 Å². The van der Waals surface area contributed by atoms with E-state index < -0.39 is 0 Å². The molecule has 0 rings (SSSR count). The molecule has 0 aliphatic heterocycles. The molecule has 0 bridgehead atoms. The van der Waals surface area contributed by atoms with E-state index in [0.717, 1.165) is 0 Å². The van der Waals surface area contributed by atoms with Gasteiger partial charge >= 0.3 is 0 Å². The summed E-state index contributed by atoms with van der Waals surface area (Å²) in [6, 6.07) is 0.500. The molecule has 3 nitrogen and oxygen atoms in total. The van der Waals surface area contributed by atoms with Crippen LogP contribution in [0.2, 0.25) is 0 Å². The number of hydrogen-bond donors (Lipinski definition) is 3. The van der Waals surface area contributed by atoms with Crippen molar-refractivity contribution in [2.45, 2.75) is 19.9 Å². The minimum absolute atomic E-state index is 0.500. The van der Waals surface area contributed by atoms with Gasteiger partial charge in [0.2, 0.25) is 0 Å². The average molecular weight is 129 g/mol. The van der Waals surface area contributed by atoms with Crippen molar-refractivity contribution in [2.75, 3.05) is 7.05 Å². The molecule has 0 aromatic carbocycles. The zero-order chi connectivity index (χ0) is 7.11.